The van der Waals surface area contributed by atoms with Gasteiger partial charge in [-0.1, -0.05) is 11.6 Å². The number of carbonyl (C=O) groups excluding carboxylic acids is 2. The van der Waals surface area contributed by atoms with Gasteiger partial charge < -0.3 is 9.64 Å². The van der Waals surface area contributed by atoms with Gasteiger partial charge in [0.15, 0.2) is 5.78 Å². The molecule has 134 valence electrons. The maximum atomic E-state index is 12.4. The number of amides is 1. The van der Waals surface area contributed by atoms with Gasteiger partial charge >= 0.3 is 0 Å². The van der Waals surface area contributed by atoms with E-state index in [1.165, 1.54) is 11.3 Å². The highest BCUT2D eigenvalue weighted by atomic mass is 35.5. The molecule has 1 aromatic heterocycles. The van der Waals surface area contributed by atoms with E-state index in [1.807, 2.05) is 26.0 Å². The van der Waals surface area contributed by atoms with E-state index in [4.69, 9.17) is 16.3 Å². The van der Waals surface area contributed by atoms with Crippen LogP contribution in [-0.2, 0) is 11.3 Å². The summed E-state index contributed by atoms with van der Waals surface area (Å²) < 4.78 is 6.07. The van der Waals surface area contributed by atoms with Crippen molar-refractivity contribution >= 4 is 34.6 Å². The first-order valence-electron chi connectivity index (χ1n) is 8.31. The van der Waals surface area contributed by atoms with Gasteiger partial charge in [0, 0.05) is 29.8 Å². The van der Waals surface area contributed by atoms with Crippen molar-refractivity contribution in [2.75, 3.05) is 13.2 Å². The van der Waals surface area contributed by atoms with Crippen LogP contribution in [0.15, 0.2) is 36.4 Å². The average Bonchev–Trinajstić information content (AvgIpc) is 3.03. The molecule has 1 amide bonds. The van der Waals surface area contributed by atoms with E-state index in [9.17, 15) is 9.59 Å². The lowest BCUT2D eigenvalue weighted by Gasteiger charge is -2.20. The van der Waals surface area contributed by atoms with Crippen molar-refractivity contribution in [2.45, 2.75) is 33.2 Å². The van der Waals surface area contributed by atoms with Gasteiger partial charge in [-0.15, -0.1) is 11.3 Å². The Hall–Kier alpha value is -1.85. The molecular weight excluding hydrogens is 358 g/mol. The third-order valence-corrected chi connectivity index (χ3v) is 4.98. The van der Waals surface area contributed by atoms with E-state index in [0.717, 1.165) is 10.6 Å². The number of halogens is 1. The second-order valence-corrected chi connectivity index (χ2v) is 7.29. The predicted octanol–water partition coefficient (Wildman–Crippen LogP) is 4.81. The molecule has 1 aromatic carbocycles. The molecule has 0 spiro atoms. The smallest absolute Gasteiger partial charge is 0.223 e. The van der Waals surface area contributed by atoms with Gasteiger partial charge in [-0.3, -0.25) is 9.59 Å². The largest absolute Gasteiger partial charge is 0.494 e. The summed E-state index contributed by atoms with van der Waals surface area (Å²) in [6.45, 7) is 5.56. The number of hydrogen-bond acceptors (Lipinski definition) is 4. The van der Waals surface area contributed by atoms with Crippen molar-refractivity contribution in [3.63, 3.8) is 0 Å². The molecule has 2 rings (SSSR count). The van der Waals surface area contributed by atoms with Crippen molar-refractivity contribution < 1.29 is 14.3 Å². The number of thiophene rings is 1. The maximum absolute atomic E-state index is 12.4. The lowest BCUT2D eigenvalue weighted by Crippen LogP contribution is -2.30. The first-order valence-corrected chi connectivity index (χ1v) is 9.51. The van der Waals surface area contributed by atoms with E-state index in [-0.39, 0.29) is 24.5 Å². The fraction of sp³-hybridized carbons (Fsp3) is 0.368. The Morgan fingerprint density at radius 1 is 1.08 bits per heavy atom. The maximum Gasteiger partial charge on any atom is 0.223 e. The molecule has 0 saturated carbocycles. The SMILES string of the molecule is CCOc1ccc(C(=O)CCC(=O)N(CC)Cc2ccc(Cl)s2)cc1. The minimum absolute atomic E-state index is 0.0219. The number of rotatable bonds is 9. The molecular formula is C19H22ClNO3S. The molecule has 25 heavy (non-hydrogen) atoms. The summed E-state index contributed by atoms with van der Waals surface area (Å²) in [4.78, 5) is 27.4. The van der Waals surface area contributed by atoms with Crippen LogP contribution in [0.4, 0.5) is 0 Å². The van der Waals surface area contributed by atoms with Gasteiger partial charge in [0.05, 0.1) is 17.5 Å². The van der Waals surface area contributed by atoms with Crippen LogP contribution >= 0.6 is 22.9 Å². The molecule has 0 aliphatic rings. The summed E-state index contributed by atoms with van der Waals surface area (Å²) in [6.07, 6.45) is 0.410. The van der Waals surface area contributed by atoms with E-state index in [2.05, 4.69) is 0 Å². The first-order chi connectivity index (χ1) is 12.0. The second-order valence-electron chi connectivity index (χ2n) is 5.49. The summed E-state index contributed by atoms with van der Waals surface area (Å²) in [5.41, 5.74) is 0.601. The third kappa shape index (κ3) is 5.87. The van der Waals surface area contributed by atoms with Gasteiger partial charge in [0.2, 0.25) is 5.91 Å². The number of carbonyl (C=O) groups is 2. The van der Waals surface area contributed by atoms with Crippen LogP contribution in [0, 0.1) is 0 Å². The van der Waals surface area contributed by atoms with Crippen molar-refractivity contribution in [3.05, 3.63) is 51.2 Å². The predicted molar refractivity (Wildman–Crippen MR) is 102 cm³/mol. The summed E-state index contributed by atoms with van der Waals surface area (Å²) in [5, 5.41) is 0. The highest BCUT2D eigenvalue weighted by molar-refractivity contribution is 7.16. The molecule has 6 heteroatoms. The Balaban J connectivity index is 1.87. The Kier molecular flexibility index (Phi) is 7.47. The van der Waals surface area contributed by atoms with Gasteiger partial charge in [-0.25, -0.2) is 0 Å². The van der Waals surface area contributed by atoms with Gasteiger partial charge in [0.25, 0.3) is 0 Å². The van der Waals surface area contributed by atoms with Crippen LogP contribution < -0.4 is 4.74 Å². The van der Waals surface area contributed by atoms with Gasteiger partial charge in [0.1, 0.15) is 5.75 Å². The number of ether oxygens (including phenoxy) is 1. The summed E-state index contributed by atoms with van der Waals surface area (Å²) >= 11 is 7.40. The van der Waals surface area contributed by atoms with E-state index in [1.54, 1.807) is 29.2 Å². The fourth-order valence-corrected chi connectivity index (χ4v) is 3.53. The minimum Gasteiger partial charge on any atom is -0.494 e. The average molecular weight is 380 g/mol. The summed E-state index contributed by atoms with van der Waals surface area (Å²) in [7, 11) is 0. The summed E-state index contributed by atoms with van der Waals surface area (Å²) in [5.74, 6) is 0.680. The minimum atomic E-state index is -0.0355. The molecule has 0 unspecified atom stereocenters. The Morgan fingerprint density at radius 3 is 2.36 bits per heavy atom. The van der Waals surface area contributed by atoms with E-state index >= 15 is 0 Å². The zero-order valence-corrected chi connectivity index (χ0v) is 16.0. The molecule has 4 nitrogen and oxygen atoms in total. The van der Waals surface area contributed by atoms with Crippen LogP contribution in [-0.4, -0.2) is 29.7 Å². The van der Waals surface area contributed by atoms with E-state index in [0.29, 0.717) is 29.6 Å². The van der Waals surface area contributed by atoms with Gasteiger partial charge in [-0.2, -0.15) is 0 Å². The zero-order valence-electron chi connectivity index (χ0n) is 14.5. The topological polar surface area (TPSA) is 46.6 Å². The molecule has 0 radical (unpaired) electrons. The molecule has 0 bridgehead atoms. The highest BCUT2D eigenvalue weighted by Crippen LogP contribution is 2.23. The molecule has 0 atom stereocenters. The molecule has 0 saturated heterocycles. The number of hydrogen-bond donors (Lipinski definition) is 0. The number of benzene rings is 1. The first kappa shape index (κ1) is 19.5. The molecule has 0 aliphatic carbocycles. The van der Waals surface area contributed by atoms with E-state index < -0.39 is 0 Å². The normalized spacial score (nSPS) is 10.5. The van der Waals surface area contributed by atoms with Gasteiger partial charge in [-0.05, 0) is 50.2 Å². The van der Waals surface area contributed by atoms with Crippen molar-refractivity contribution in [1.82, 2.24) is 4.90 Å². The van der Waals surface area contributed by atoms with Crippen LogP contribution in [0.2, 0.25) is 4.34 Å². The van der Waals surface area contributed by atoms with Crippen LogP contribution in [0.25, 0.3) is 0 Å². The van der Waals surface area contributed by atoms with Crippen LogP contribution in [0.1, 0.15) is 41.9 Å². The van der Waals surface area contributed by atoms with Crippen molar-refractivity contribution in [3.8, 4) is 5.75 Å². The zero-order chi connectivity index (χ0) is 18.2. The molecule has 0 aliphatic heterocycles. The highest BCUT2D eigenvalue weighted by Gasteiger charge is 2.16. The fourth-order valence-electron chi connectivity index (χ4n) is 2.43. The number of Topliss-reactive ketones (excluding diaryl/α,β-unsaturated/α-hetero) is 1. The van der Waals surface area contributed by atoms with Crippen molar-refractivity contribution in [2.24, 2.45) is 0 Å². The third-order valence-electron chi connectivity index (χ3n) is 3.76. The monoisotopic (exact) mass is 379 g/mol. The standard InChI is InChI=1S/C19H22ClNO3S/c1-3-21(13-16-9-11-18(20)25-16)19(23)12-10-17(22)14-5-7-15(8-6-14)24-4-2/h5-9,11H,3-4,10,12-13H2,1-2H3. The van der Waals surface area contributed by atoms with Crippen LogP contribution in [0.3, 0.4) is 0 Å². The quantitative estimate of drug-likeness (QED) is 0.587. The Labute approximate surface area is 157 Å². The Morgan fingerprint density at radius 2 is 1.80 bits per heavy atom. The lowest BCUT2D eigenvalue weighted by molar-refractivity contribution is -0.131. The molecule has 1 heterocycles. The molecule has 0 fully saturated rings. The molecule has 2 aromatic rings. The summed E-state index contributed by atoms with van der Waals surface area (Å²) in [6, 6.07) is 10.8. The second kappa shape index (κ2) is 9.59. The Bertz CT molecular complexity index is 712. The lowest BCUT2D eigenvalue weighted by atomic mass is 10.1. The number of ketones is 1. The molecule has 0 N–H and O–H groups in total. The van der Waals surface area contributed by atoms with Crippen LogP contribution in [0.5, 0.6) is 5.75 Å². The van der Waals surface area contributed by atoms with Crippen molar-refractivity contribution in [1.29, 1.82) is 0 Å². The number of nitrogens with zero attached hydrogens (tertiary/aromatic N) is 1.